The Morgan fingerprint density at radius 3 is 1.73 bits per heavy atom. The van der Waals surface area contributed by atoms with Crippen LogP contribution >= 0.6 is 0 Å². The second kappa shape index (κ2) is 6.76. The summed E-state index contributed by atoms with van der Waals surface area (Å²) in [6.45, 7) is 1.60. The maximum Gasteiger partial charge on any atom is 0.131 e. The number of aromatic nitrogens is 1. The lowest BCUT2D eigenvalue weighted by molar-refractivity contribution is 0.784. The molecule has 0 saturated heterocycles. The molecule has 0 unspecified atom stereocenters. The van der Waals surface area contributed by atoms with Crippen LogP contribution in [0, 0.1) is 0 Å². The van der Waals surface area contributed by atoms with E-state index in [1.807, 2.05) is 30.3 Å². The Kier molecular flexibility index (Phi) is 4.35. The second-order valence-corrected chi connectivity index (χ2v) is 5.25. The van der Waals surface area contributed by atoms with E-state index in [0.717, 1.165) is 18.9 Å². The molecule has 0 bridgehead atoms. The van der Waals surface area contributed by atoms with Crippen molar-refractivity contribution in [3.63, 3.8) is 0 Å². The fourth-order valence-electron chi connectivity index (χ4n) is 2.44. The monoisotopic (exact) mass is 289 g/mol. The zero-order valence-electron chi connectivity index (χ0n) is 12.4. The average Bonchev–Trinajstić information content (AvgIpc) is 2.56. The predicted octanol–water partition coefficient (Wildman–Crippen LogP) is 3.87. The number of rotatable bonds is 5. The fourth-order valence-corrected chi connectivity index (χ4v) is 2.44. The first-order valence-corrected chi connectivity index (χ1v) is 7.36. The van der Waals surface area contributed by atoms with E-state index in [1.54, 1.807) is 0 Å². The molecule has 0 aliphatic carbocycles. The van der Waals surface area contributed by atoms with Gasteiger partial charge in [-0.3, -0.25) is 0 Å². The summed E-state index contributed by atoms with van der Waals surface area (Å²) < 4.78 is 0. The van der Waals surface area contributed by atoms with Crippen molar-refractivity contribution in [3.05, 3.63) is 90.0 Å². The smallest absolute Gasteiger partial charge is 0.131 e. The van der Waals surface area contributed by atoms with Crippen molar-refractivity contribution in [2.75, 3.05) is 10.6 Å². The lowest BCUT2D eigenvalue weighted by Crippen LogP contribution is -2.23. The first-order valence-electron chi connectivity index (χ1n) is 7.36. The molecule has 2 N–H and O–H groups in total. The van der Waals surface area contributed by atoms with Crippen LogP contribution < -0.4 is 10.6 Å². The first kappa shape index (κ1) is 14.1. The molecular formula is C19H19N3. The third-order valence-electron chi connectivity index (χ3n) is 3.51. The number of pyridine rings is 1. The van der Waals surface area contributed by atoms with Crippen LogP contribution in [0.15, 0.2) is 78.9 Å². The molecule has 0 saturated carbocycles. The van der Waals surface area contributed by atoms with Gasteiger partial charge in [-0.2, -0.15) is 0 Å². The lowest BCUT2D eigenvalue weighted by atomic mass is 10.1. The number of nitrogens with two attached hydrogens (primary N) is 1. The van der Waals surface area contributed by atoms with Crippen molar-refractivity contribution in [3.8, 4) is 0 Å². The summed E-state index contributed by atoms with van der Waals surface area (Å²) in [5.41, 5.74) is 8.35. The normalized spacial score (nSPS) is 10.4. The highest BCUT2D eigenvalue weighted by atomic mass is 15.2. The summed E-state index contributed by atoms with van der Waals surface area (Å²) in [5, 5.41) is 0. The molecule has 3 heteroatoms. The van der Waals surface area contributed by atoms with Crippen LogP contribution in [0.5, 0.6) is 0 Å². The third kappa shape index (κ3) is 3.64. The van der Waals surface area contributed by atoms with Crippen molar-refractivity contribution >= 4 is 11.6 Å². The van der Waals surface area contributed by atoms with Crippen LogP contribution in [0.4, 0.5) is 11.6 Å². The summed E-state index contributed by atoms with van der Waals surface area (Å²) in [6, 6.07) is 26.6. The molecule has 0 fully saturated rings. The molecule has 110 valence electrons. The highest BCUT2D eigenvalue weighted by Gasteiger charge is 2.10. The van der Waals surface area contributed by atoms with Gasteiger partial charge in [0.15, 0.2) is 0 Å². The second-order valence-electron chi connectivity index (χ2n) is 5.25. The molecule has 3 nitrogen and oxygen atoms in total. The van der Waals surface area contributed by atoms with E-state index in [1.165, 1.54) is 11.1 Å². The van der Waals surface area contributed by atoms with Gasteiger partial charge in [-0.25, -0.2) is 4.98 Å². The van der Waals surface area contributed by atoms with Gasteiger partial charge in [0.25, 0.3) is 0 Å². The summed E-state index contributed by atoms with van der Waals surface area (Å²) in [7, 11) is 0. The molecule has 1 aromatic heterocycles. The summed E-state index contributed by atoms with van der Waals surface area (Å²) in [4.78, 5) is 6.71. The van der Waals surface area contributed by atoms with Crippen LogP contribution in [0.3, 0.4) is 0 Å². The number of hydrogen-bond donors (Lipinski definition) is 1. The molecule has 3 aromatic rings. The minimum absolute atomic E-state index is 0.545. The van der Waals surface area contributed by atoms with Gasteiger partial charge in [-0.1, -0.05) is 66.7 Å². The molecule has 3 rings (SSSR count). The van der Waals surface area contributed by atoms with Crippen LogP contribution in [0.2, 0.25) is 0 Å². The summed E-state index contributed by atoms with van der Waals surface area (Å²) in [5.74, 6) is 1.44. The van der Waals surface area contributed by atoms with E-state index >= 15 is 0 Å². The highest BCUT2D eigenvalue weighted by molar-refractivity contribution is 5.46. The van der Waals surface area contributed by atoms with Crippen molar-refractivity contribution < 1.29 is 0 Å². The van der Waals surface area contributed by atoms with E-state index in [0.29, 0.717) is 5.82 Å². The van der Waals surface area contributed by atoms with E-state index in [9.17, 15) is 0 Å². The Morgan fingerprint density at radius 1 is 0.682 bits per heavy atom. The Balaban J connectivity index is 1.88. The van der Waals surface area contributed by atoms with Crippen LogP contribution in [-0.2, 0) is 13.1 Å². The molecule has 22 heavy (non-hydrogen) atoms. The summed E-state index contributed by atoms with van der Waals surface area (Å²) in [6.07, 6.45) is 0. The predicted molar refractivity (Wildman–Crippen MR) is 91.4 cm³/mol. The van der Waals surface area contributed by atoms with E-state index in [4.69, 9.17) is 5.73 Å². The molecule has 0 aliphatic heterocycles. The van der Waals surface area contributed by atoms with Crippen molar-refractivity contribution in [1.82, 2.24) is 4.98 Å². The maximum atomic E-state index is 5.85. The van der Waals surface area contributed by atoms with E-state index in [-0.39, 0.29) is 0 Å². The van der Waals surface area contributed by atoms with Gasteiger partial charge in [0.2, 0.25) is 0 Å². The minimum atomic E-state index is 0.545. The topological polar surface area (TPSA) is 42.1 Å². The van der Waals surface area contributed by atoms with Crippen LogP contribution in [0.25, 0.3) is 0 Å². The lowest BCUT2D eigenvalue weighted by Gasteiger charge is -2.24. The molecule has 0 radical (unpaired) electrons. The number of anilines is 2. The molecule has 0 atom stereocenters. The quantitative estimate of drug-likeness (QED) is 0.775. The molecule has 2 aromatic carbocycles. The van der Waals surface area contributed by atoms with Gasteiger partial charge in [-0.15, -0.1) is 0 Å². The largest absolute Gasteiger partial charge is 0.384 e. The molecule has 0 spiro atoms. The third-order valence-corrected chi connectivity index (χ3v) is 3.51. The van der Waals surface area contributed by atoms with Crippen LogP contribution in [0.1, 0.15) is 11.1 Å². The molecule has 0 aliphatic rings. The van der Waals surface area contributed by atoms with E-state index < -0.39 is 0 Å². The molecule has 1 heterocycles. The fraction of sp³-hybridized carbons (Fsp3) is 0.105. The Morgan fingerprint density at radius 2 is 1.23 bits per heavy atom. The first-order chi connectivity index (χ1) is 10.8. The molecular weight excluding hydrogens is 270 g/mol. The van der Waals surface area contributed by atoms with Gasteiger partial charge in [-0.05, 0) is 23.3 Å². The minimum Gasteiger partial charge on any atom is -0.384 e. The van der Waals surface area contributed by atoms with Crippen molar-refractivity contribution in [2.45, 2.75) is 13.1 Å². The zero-order valence-corrected chi connectivity index (χ0v) is 12.4. The molecule has 0 amide bonds. The van der Waals surface area contributed by atoms with E-state index in [2.05, 4.69) is 58.4 Å². The zero-order chi connectivity index (χ0) is 15.2. The van der Waals surface area contributed by atoms with Crippen molar-refractivity contribution in [2.24, 2.45) is 0 Å². The highest BCUT2D eigenvalue weighted by Crippen LogP contribution is 2.19. The van der Waals surface area contributed by atoms with Crippen molar-refractivity contribution in [1.29, 1.82) is 0 Å². The van der Waals surface area contributed by atoms with Gasteiger partial charge in [0, 0.05) is 13.1 Å². The average molecular weight is 289 g/mol. The Bertz CT molecular complexity index is 670. The van der Waals surface area contributed by atoms with Gasteiger partial charge in [0.1, 0.15) is 11.6 Å². The maximum absolute atomic E-state index is 5.85. The standard InChI is InChI=1S/C19H19N3/c20-18-12-7-13-19(21-18)22(14-16-8-3-1-4-9-16)15-17-10-5-2-6-11-17/h1-13H,14-15H2,(H2,20,21). The summed E-state index contributed by atoms with van der Waals surface area (Å²) >= 11 is 0. The number of nitrogens with zero attached hydrogens (tertiary/aromatic N) is 2. The Hall–Kier alpha value is -2.81. The number of hydrogen-bond acceptors (Lipinski definition) is 3. The van der Waals surface area contributed by atoms with Gasteiger partial charge in [0.05, 0.1) is 0 Å². The number of nitrogen functional groups attached to an aromatic ring is 1. The van der Waals surface area contributed by atoms with Gasteiger partial charge >= 0.3 is 0 Å². The van der Waals surface area contributed by atoms with Gasteiger partial charge < -0.3 is 10.6 Å². The Labute approximate surface area is 131 Å². The van der Waals surface area contributed by atoms with Crippen LogP contribution in [-0.4, -0.2) is 4.98 Å². The number of benzene rings is 2. The SMILES string of the molecule is Nc1cccc(N(Cc2ccccc2)Cc2ccccc2)n1.